The molecule has 0 aromatic heterocycles. The maximum absolute atomic E-state index is 14.5. The summed E-state index contributed by atoms with van der Waals surface area (Å²) >= 11 is 3.22. The zero-order valence-corrected chi connectivity index (χ0v) is 12.2. The lowest BCUT2D eigenvalue weighted by atomic mass is 10.0. The molecule has 2 rings (SSSR count). The zero-order chi connectivity index (χ0) is 14.7. The Balaban J connectivity index is 2.65. The molecule has 0 fully saturated rings. The Labute approximate surface area is 123 Å². The van der Waals surface area contributed by atoms with Gasteiger partial charge in [-0.2, -0.15) is 0 Å². The van der Waals surface area contributed by atoms with Crippen molar-refractivity contribution in [3.8, 4) is 16.9 Å². The number of hydrogen-bond donors (Lipinski definition) is 0. The Kier molecular flexibility index (Phi) is 4.49. The number of aldehydes is 1. The summed E-state index contributed by atoms with van der Waals surface area (Å²) in [5.74, 6) is -1.14. The molecule has 0 bridgehead atoms. The third-order valence-electron chi connectivity index (χ3n) is 2.77. The molecule has 2 nitrogen and oxygen atoms in total. The number of carbonyl (C=O) groups excluding carboxylic acids is 1. The number of hydrogen-bond acceptors (Lipinski definition) is 2. The largest absolute Gasteiger partial charge is 0.490 e. The second-order valence-corrected chi connectivity index (χ2v) is 4.87. The Hall–Kier alpha value is -1.75. The molecule has 0 aliphatic heterocycles. The van der Waals surface area contributed by atoms with Crippen molar-refractivity contribution < 1.29 is 18.3 Å². The van der Waals surface area contributed by atoms with Crippen LogP contribution in [0, 0.1) is 11.6 Å². The smallest absolute Gasteiger partial charge is 0.173 e. The van der Waals surface area contributed by atoms with Gasteiger partial charge < -0.3 is 4.74 Å². The van der Waals surface area contributed by atoms with Gasteiger partial charge >= 0.3 is 0 Å². The van der Waals surface area contributed by atoms with Gasteiger partial charge in [0.15, 0.2) is 17.9 Å². The molecular formula is C15H11BrF2O2. The number of halogens is 3. The van der Waals surface area contributed by atoms with Crippen molar-refractivity contribution in [1.82, 2.24) is 0 Å². The molecule has 5 heteroatoms. The van der Waals surface area contributed by atoms with Gasteiger partial charge in [-0.1, -0.05) is 12.1 Å². The fourth-order valence-corrected chi connectivity index (χ4v) is 2.35. The van der Waals surface area contributed by atoms with E-state index in [4.69, 9.17) is 4.74 Å². The first-order chi connectivity index (χ1) is 9.58. The maximum atomic E-state index is 14.5. The summed E-state index contributed by atoms with van der Waals surface area (Å²) in [6.45, 7) is 1.93. The fourth-order valence-electron chi connectivity index (χ4n) is 1.85. The van der Waals surface area contributed by atoms with Crippen LogP contribution in [0.3, 0.4) is 0 Å². The molecule has 0 saturated carbocycles. The average Bonchev–Trinajstić information content (AvgIpc) is 2.44. The van der Waals surface area contributed by atoms with Gasteiger partial charge in [-0.15, -0.1) is 0 Å². The summed E-state index contributed by atoms with van der Waals surface area (Å²) in [6, 6.07) is 6.91. The van der Waals surface area contributed by atoms with Crippen LogP contribution in [-0.2, 0) is 0 Å². The second kappa shape index (κ2) is 6.13. The van der Waals surface area contributed by atoms with Gasteiger partial charge in [0.25, 0.3) is 0 Å². The van der Waals surface area contributed by atoms with Crippen molar-refractivity contribution in [3.05, 3.63) is 52.0 Å². The first kappa shape index (κ1) is 14.7. The van der Waals surface area contributed by atoms with Gasteiger partial charge in [0.1, 0.15) is 5.82 Å². The van der Waals surface area contributed by atoms with Crippen LogP contribution in [-0.4, -0.2) is 12.9 Å². The van der Waals surface area contributed by atoms with Crippen molar-refractivity contribution in [3.63, 3.8) is 0 Å². The van der Waals surface area contributed by atoms with Crippen LogP contribution in [0.2, 0.25) is 0 Å². The third kappa shape index (κ3) is 2.72. The number of carbonyl (C=O) groups is 1. The highest BCUT2D eigenvalue weighted by atomic mass is 79.9. The minimum Gasteiger partial charge on any atom is -0.490 e. The average molecular weight is 341 g/mol. The lowest BCUT2D eigenvalue weighted by Crippen LogP contribution is -2.02. The number of rotatable bonds is 4. The Morgan fingerprint density at radius 3 is 2.45 bits per heavy atom. The number of ether oxygens (including phenoxy) is 1. The summed E-state index contributed by atoms with van der Waals surface area (Å²) in [7, 11) is 0. The van der Waals surface area contributed by atoms with Crippen molar-refractivity contribution in [2.24, 2.45) is 0 Å². The molecule has 2 aromatic rings. The number of benzene rings is 2. The molecule has 0 atom stereocenters. The molecule has 0 radical (unpaired) electrons. The van der Waals surface area contributed by atoms with Crippen LogP contribution < -0.4 is 4.74 Å². The van der Waals surface area contributed by atoms with Gasteiger partial charge in [0, 0.05) is 10.0 Å². The molecule has 20 heavy (non-hydrogen) atoms. The highest BCUT2D eigenvalue weighted by Crippen LogP contribution is 2.36. The summed E-state index contributed by atoms with van der Waals surface area (Å²) in [5, 5.41) is 0. The first-order valence-corrected chi connectivity index (χ1v) is 6.73. The van der Waals surface area contributed by atoms with Crippen LogP contribution in [0.5, 0.6) is 5.75 Å². The molecular weight excluding hydrogens is 330 g/mol. The highest BCUT2D eigenvalue weighted by Gasteiger charge is 2.19. The molecule has 0 amide bonds. The summed E-state index contributed by atoms with van der Waals surface area (Å²) in [4.78, 5) is 11.0. The minimum atomic E-state index is -0.635. The van der Waals surface area contributed by atoms with Gasteiger partial charge in [-0.05, 0) is 46.6 Å². The zero-order valence-electron chi connectivity index (χ0n) is 10.6. The minimum absolute atomic E-state index is 0.101. The Morgan fingerprint density at radius 2 is 1.90 bits per heavy atom. The van der Waals surface area contributed by atoms with Gasteiger partial charge in [-0.3, -0.25) is 4.79 Å². The third-order valence-corrected chi connectivity index (χ3v) is 3.43. The standard InChI is InChI=1S/C15H11BrF2O2/c1-2-20-15-12(8-19)13(16)7-11(14(15)18)9-3-5-10(17)6-4-9/h3-8H,2H2,1H3. The second-order valence-electron chi connectivity index (χ2n) is 4.02. The van der Waals surface area contributed by atoms with Crippen LogP contribution in [0.4, 0.5) is 8.78 Å². The fraction of sp³-hybridized carbons (Fsp3) is 0.133. The van der Waals surface area contributed by atoms with Gasteiger partial charge in [0.2, 0.25) is 0 Å². The molecule has 0 unspecified atom stereocenters. The van der Waals surface area contributed by atoms with E-state index in [0.29, 0.717) is 16.3 Å². The topological polar surface area (TPSA) is 26.3 Å². The Morgan fingerprint density at radius 1 is 1.25 bits per heavy atom. The Bertz CT molecular complexity index is 639. The van der Waals surface area contributed by atoms with Crippen LogP contribution in [0.15, 0.2) is 34.8 Å². The predicted molar refractivity (Wildman–Crippen MR) is 76.1 cm³/mol. The van der Waals surface area contributed by atoms with Crippen molar-refractivity contribution in [2.75, 3.05) is 6.61 Å². The van der Waals surface area contributed by atoms with E-state index >= 15 is 0 Å². The summed E-state index contributed by atoms with van der Waals surface area (Å²) < 4.78 is 33.0. The van der Waals surface area contributed by atoms with Crippen LogP contribution in [0.1, 0.15) is 17.3 Å². The quantitative estimate of drug-likeness (QED) is 0.760. The summed E-state index contributed by atoms with van der Waals surface area (Å²) in [5.41, 5.74) is 0.865. The molecule has 0 saturated heterocycles. The van der Waals surface area contributed by atoms with Crippen LogP contribution >= 0.6 is 15.9 Å². The van der Waals surface area contributed by atoms with Crippen molar-refractivity contribution in [2.45, 2.75) is 6.92 Å². The monoisotopic (exact) mass is 340 g/mol. The molecule has 0 spiro atoms. The van der Waals surface area contributed by atoms with E-state index in [1.807, 2.05) is 0 Å². The van der Waals surface area contributed by atoms with E-state index in [2.05, 4.69) is 15.9 Å². The molecule has 2 aromatic carbocycles. The lowest BCUT2D eigenvalue weighted by molar-refractivity contribution is 0.111. The summed E-state index contributed by atoms with van der Waals surface area (Å²) in [6.07, 6.45) is 0.534. The first-order valence-electron chi connectivity index (χ1n) is 5.94. The van der Waals surface area contributed by atoms with Crippen molar-refractivity contribution in [1.29, 1.82) is 0 Å². The van der Waals surface area contributed by atoms with E-state index in [-0.39, 0.29) is 23.5 Å². The van der Waals surface area contributed by atoms with E-state index in [0.717, 1.165) is 0 Å². The molecule has 0 heterocycles. The van der Waals surface area contributed by atoms with E-state index < -0.39 is 11.6 Å². The van der Waals surface area contributed by atoms with Gasteiger partial charge in [-0.25, -0.2) is 8.78 Å². The highest BCUT2D eigenvalue weighted by molar-refractivity contribution is 9.10. The SMILES string of the molecule is CCOc1c(F)c(-c2ccc(F)cc2)cc(Br)c1C=O. The predicted octanol–water partition coefficient (Wildman–Crippen LogP) is 4.61. The molecule has 104 valence electrons. The van der Waals surface area contributed by atoms with E-state index in [9.17, 15) is 13.6 Å². The molecule has 0 aliphatic rings. The molecule has 0 aliphatic carbocycles. The van der Waals surface area contributed by atoms with E-state index in [1.165, 1.54) is 30.3 Å². The van der Waals surface area contributed by atoms with Gasteiger partial charge in [0.05, 0.1) is 12.2 Å². The van der Waals surface area contributed by atoms with Crippen LogP contribution in [0.25, 0.3) is 11.1 Å². The maximum Gasteiger partial charge on any atom is 0.173 e. The van der Waals surface area contributed by atoms with E-state index in [1.54, 1.807) is 6.92 Å². The lowest BCUT2D eigenvalue weighted by Gasteiger charge is -2.13. The van der Waals surface area contributed by atoms with Crippen molar-refractivity contribution >= 4 is 22.2 Å². The normalized spacial score (nSPS) is 10.4. The molecule has 0 N–H and O–H groups in total.